The number of ether oxygens (including phenoxy) is 2. The number of oxime groups is 1. The number of fused-ring (bicyclic) bond motifs is 1. The van der Waals surface area contributed by atoms with Crippen LogP contribution in [0.1, 0.15) is 66.9 Å². The summed E-state index contributed by atoms with van der Waals surface area (Å²) in [6.45, 7) is 5.84. The molecule has 1 saturated heterocycles. The Morgan fingerprint density at radius 3 is 2.77 bits per heavy atom. The Hall–Kier alpha value is -2.88. The first kappa shape index (κ1) is 30.7. The first-order valence-electron chi connectivity index (χ1n) is 13.6. The predicted molar refractivity (Wildman–Crippen MR) is 151 cm³/mol. The molecule has 0 saturated carbocycles. The van der Waals surface area contributed by atoms with Crippen molar-refractivity contribution >= 4 is 29.2 Å². The number of halogens is 1. The van der Waals surface area contributed by atoms with Gasteiger partial charge < -0.3 is 30.1 Å². The molecule has 10 heteroatoms. The number of esters is 1. The second-order valence-corrected chi connectivity index (χ2v) is 10.3. The number of nitrogens with two attached hydrogens (primary N) is 1. The number of carbonyl (C=O) groups excluding carboxylic acids is 2. The standard InChI is InChI=1S/C29H40ClN3O6/c1-20-17-25(34)28(30)24-18-22(32-38-19-26(35)33-14-4-3-5-15-33)10-7-12-23(37-16-8-13-31)11-6-9-21(2)39-29(36)27(20)24/h6-7,10-11,17,21,23,34H,3-5,8-9,12-16,18-19,31H2,1-2H3/b10-7+,11-6+,32-22+/t21-,23?/m1/s1. The van der Waals surface area contributed by atoms with Crippen molar-refractivity contribution in [2.45, 2.75) is 71.0 Å². The molecule has 2 aliphatic heterocycles. The molecule has 1 aromatic rings. The Kier molecular flexibility index (Phi) is 12.3. The number of phenolic OH excluding ortho intramolecular Hbond substituents is 1. The molecule has 2 atom stereocenters. The molecule has 3 N–H and O–H groups in total. The Bertz CT molecular complexity index is 1080. The van der Waals surface area contributed by atoms with Crippen LogP contribution in [-0.4, -0.2) is 72.7 Å². The summed E-state index contributed by atoms with van der Waals surface area (Å²) >= 11 is 6.50. The van der Waals surface area contributed by atoms with E-state index in [1.165, 1.54) is 6.07 Å². The zero-order chi connectivity index (χ0) is 28.2. The molecule has 1 fully saturated rings. The van der Waals surface area contributed by atoms with E-state index in [1.54, 1.807) is 17.9 Å². The lowest BCUT2D eigenvalue weighted by atomic mass is 9.96. The van der Waals surface area contributed by atoms with Crippen molar-refractivity contribution in [2.24, 2.45) is 10.9 Å². The van der Waals surface area contributed by atoms with Crippen LogP contribution in [0.15, 0.2) is 35.5 Å². The first-order chi connectivity index (χ1) is 18.8. The molecule has 9 nitrogen and oxygen atoms in total. The summed E-state index contributed by atoms with van der Waals surface area (Å²) in [7, 11) is 0. The highest BCUT2D eigenvalue weighted by atomic mass is 35.5. The Labute approximate surface area is 235 Å². The number of carbonyl (C=O) groups is 2. The minimum Gasteiger partial charge on any atom is -0.506 e. The molecule has 3 rings (SSSR count). The molecule has 0 radical (unpaired) electrons. The molecule has 0 spiro atoms. The molecule has 214 valence electrons. The number of cyclic esters (lactones) is 1. The molecular weight excluding hydrogens is 522 g/mol. The van der Waals surface area contributed by atoms with Gasteiger partial charge in [-0.05, 0) is 75.8 Å². The summed E-state index contributed by atoms with van der Waals surface area (Å²) in [6.07, 6.45) is 11.9. The van der Waals surface area contributed by atoms with Crippen molar-refractivity contribution in [2.75, 3.05) is 32.8 Å². The van der Waals surface area contributed by atoms with Gasteiger partial charge in [0.1, 0.15) is 11.9 Å². The van der Waals surface area contributed by atoms with Crippen molar-refractivity contribution < 1.29 is 29.0 Å². The number of aryl methyl sites for hydroxylation is 1. The number of benzene rings is 1. The molecule has 0 aliphatic carbocycles. The monoisotopic (exact) mass is 561 g/mol. The molecule has 39 heavy (non-hydrogen) atoms. The molecule has 2 aliphatic rings. The predicted octanol–water partition coefficient (Wildman–Crippen LogP) is 4.47. The molecule has 1 unspecified atom stereocenters. The van der Waals surface area contributed by atoms with Gasteiger partial charge in [0.05, 0.1) is 22.4 Å². The maximum absolute atomic E-state index is 13.2. The van der Waals surface area contributed by atoms with E-state index < -0.39 is 12.1 Å². The number of rotatable bonds is 7. The molecule has 1 amide bonds. The Morgan fingerprint density at radius 2 is 2.03 bits per heavy atom. The second kappa shape index (κ2) is 15.6. The summed E-state index contributed by atoms with van der Waals surface area (Å²) < 4.78 is 11.7. The zero-order valence-corrected chi connectivity index (χ0v) is 23.6. The number of hydrogen-bond acceptors (Lipinski definition) is 8. The quantitative estimate of drug-likeness (QED) is 0.218. The highest BCUT2D eigenvalue weighted by Crippen LogP contribution is 2.34. The number of nitrogens with zero attached hydrogens (tertiary/aromatic N) is 2. The van der Waals surface area contributed by atoms with Crippen molar-refractivity contribution in [3.63, 3.8) is 0 Å². The summed E-state index contributed by atoms with van der Waals surface area (Å²) in [4.78, 5) is 33.1. The van der Waals surface area contributed by atoms with Crippen LogP contribution >= 0.6 is 11.6 Å². The van der Waals surface area contributed by atoms with Crippen LogP contribution in [0.3, 0.4) is 0 Å². The average molecular weight is 562 g/mol. The third kappa shape index (κ3) is 9.37. The molecule has 2 heterocycles. The number of allylic oxidation sites excluding steroid dienone is 1. The number of aromatic hydroxyl groups is 1. The molecular formula is C29H40ClN3O6. The average Bonchev–Trinajstić information content (AvgIpc) is 2.91. The fraction of sp³-hybridized carbons (Fsp3) is 0.552. The van der Waals surface area contributed by atoms with Crippen LogP contribution in [0.5, 0.6) is 5.75 Å². The minimum absolute atomic E-state index is 0.0423. The lowest BCUT2D eigenvalue weighted by Gasteiger charge is -2.26. The van der Waals surface area contributed by atoms with Gasteiger partial charge in [-0.3, -0.25) is 4.79 Å². The number of piperidine rings is 1. The lowest BCUT2D eigenvalue weighted by Crippen LogP contribution is -2.37. The second-order valence-electron chi connectivity index (χ2n) is 9.92. The normalized spacial score (nSPS) is 23.4. The maximum Gasteiger partial charge on any atom is 0.339 e. The van der Waals surface area contributed by atoms with E-state index in [0.717, 1.165) is 38.8 Å². The van der Waals surface area contributed by atoms with E-state index in [0.29, 0.717) is 42.8 Å². The van der Waals surface area contributed by atoms with Crippen molar-refractivity contribution in [1.82, 2.24) is 4.90 Å². The Morgan fingerprint density at radius 1 is 1.26 bits per heavy atom. The fourth-order valence-electron chi connectivity index (χ4n) is 4.57. The summed E-state index contributed by atoms with van der Waals surface area (Å²) in [5.74, 6) is -0.801. The van der Waals surface area contributed by atoms with Crippen LogP contribution in [0.4, 0.5) is 0 Å². The third-order valence-corrected chi connectivity index (χ3v) is 7.09. The van der Waals surface area contributed by atoms with Gasteiger partial charge in [0.2, 0.25) is 0 Å². The van der Waals surface area contributed by atoms with Crippen LogP contribution < -0.4 is 5.73 Å². The maximum atomic E-state index is 13.2. The van der Waals surface area contributed by atoms with Gasteiger partial charge in [0, 0.05) is 32.5 Å². The summed E-state index contributed by atoms with van der Waals surface area (Å²) in [6, 6.07) is 1.44. The lowest BCUT2D eigenvalue weighted by molar-refractivity contribution is -0.137. The number of amides is 1. The van der Waals surface area contributed by atoms with E-state index >= 15 is 0 Å². The number of likely N-dealkylation sites (tertiary alicyclic amines) is 1. The number of phenols is 1. The molecule has 0 aromatic heterocycles. The zero-order valence-electron chi connectivity index (χ0n) is 22.9. The van der Waals surface area contributed by atoms with E-state index in [1.807, 2.05) is 25.2 Å². The van der Waals surface area contributed by atoms with Crippen molar-refractivity contribution in [3.05, 3.63) is 52.1 Å². The van der Waals surface area contributed by atoms with Gasteiger partial charge in [0.15, 0.2) is 6.61 Å². The van der Waals surface area contributed by atoms with Gasteiger partial charge >= 0.3 is 5.97 Å². The van der Waals surface area contributed by atoms with Crippen LogP contribution in [0, 0.1) is 6.92 Å². The number of hydrogen-bond donors (Lipinski definition) is 2. The smallest absolute Gasteiger partial charge is 0.339 e. The van der Waals surface area contributed by atoms with Gasteiger partial charge in [-0.15, -0.1) is 0 Å². The van der Waals surface area contributed by atoms with E-state index in [4.69, 9.17) is 31.6 Å². The molecule has 0 bridgehead atoms. The largest absolute Gasteiger partial charge is 0.506 e. The van der Waals surface area contributed by atoms with E-state index in [-0.39, 0.29) is 41.4 Å². The summed E-state index contributed by atoms with van der Waals surface area (Å²) in [5.41, 5.74) is 7.22. The van der Waals surface area contributed by atoms with Crippen LogP contribution in [-0.2, 0) is 25.5 Å². The highest BCUT2D eigenvalue weighted by Gasteiger charge is 2.24. The molecule has 1 aromatic carbocycles. The highest BCUT2D eigenvalue weighted by molar-refractivity contribution is 6.33. The first-order valence-corrected chi connectivity index (χ1v) is 14.0. The van der Waals surface area contributed by atoms with Crippen molar-refractivity contribution in [3.8, 4) is 5.75 Å². The topological polar surface area (TPSA) is 124 Å². The van der Waals surface area contributed by atoms with E-state index in [9.17, 15) is 14.7 Å². The van der Waals surface area contributed by atoms with Gasteiger partial charge in [0.25, 0.3) is 5.91 Å². The fourth-order valence-corrected chi connectivity index (χ4v) is 4.79. The van der Waals surface area contributed by atoms with Crippen LogP contribution in [0.2, 0.25) is 5.02 Å². The van der Waals surface area contributed by atoms with Gasteiger partial charge in [-0.25, -0.2) is 4.79 Å². The Balaban J connectivity index is 1.91. The van der Waals surface area contributed by atoms with Gasteiger partial charge in [-0.2, -0.15) is 0 Å². The van der Waals surface area contributed by atoms with Crippen LogP contribution in [0.25, 0.3) is 0 Å². The summed E-state index contributed by atoms with van der Waals surface area (Å²) in [5, 5.41) is 14.7. The van der Waals surface area contributed by atoms with Gasteiger partial charge in [-0.1, -0.05) is 35.0 Å². The minimum atomic E-state index is -0.539. The third-order valence-electron chi connectivity index (χ3n) is 6.67. The van der Waals surface area contributed by atoms with Crippen molar-refractivity contribution in [1.29, 1.82) is 0 Å². The SMILES string of the molecule is Cc1cc(O)c(Cl)c2c1C(=O)O[C@H](C)C/C=C/C(OCCCN)C/C=C/C(=N\OCC(=O)N1CCCCC1)C2. The van der Waals surface area contributed by atoms with E-state index in [2.05, 4.69) is 5.16 Å².